The van der Waals surface area contributed by atoms with Crippen molar-refractivity contribution in [2.75, 3.05) is 5.73 Å². The van der Waals surface area contributed by atoms with Gasteiger partial charge in [0, 0.05) is 16.8 Å². The summed E-state index contributed by atoms with van der Waals surface area (Å²) >= 11 is 0. The Morgan fingerprint density at radius 1 is 1.05 bits per heavy atom. The van der Waals surface area contributed by atoms with E-state index < -0.39 is 0 Å². The standard InChI is InChI=1S/C18H19NO3/c1-12(2)22-16(20)11-14-9-6-10-15(17(14)19)18(21)13-7-4-3-5-8-13/h3-10,12H,11,19H2,1-2H3. The number of nitrogen functional groups attached to an aromatic ring is 1. The summed E-state index contributed by atoms with van der Waals surface area (Å²) in [6.07, 6.45) is -0.122. The van der Waals surface area contributed by atoms with E-state index in [0.717, 1.165) is 0 Å². The maximum absolute atomic E-state index is 12.5. The zero-order chi connectivity index (χ0) is 16.1. The number of rotatable bonds is 5. The molecule has 2 aromatic rings. The molecule has 2 rings (SSSR count). The Kier molecular flexibility index (Phi) is 4.94. The highest BCUT2D eigenvalue weighted by Crippen LogP contribution is 2.21. The van der Waals surface area contributed by atoms with Crippen molar-refractivity contribution in [1.29, 1.82) is 0 Å². The van der Waals surface area contributed by atoms with Crippen molar-refractivity contribution < 1.29 is 14.3 Å². The van der Waals surface area contributed by atoms with E-state index in [1.54, 1.807) is 56.3 Å². The van der Waals surface area contributed by atoms with E-state index in [1.165, 1.54) is 0 Å². The Hall–Kier alpha value is -2.62. The summed E-state index contributed by atoms with van der Waals surface area (Å²) in [6.45, 7) is 3.58. The van der Waals surface area contributed by atoms with Crippen molar-refractivity contribution >= 4 is 17.4 Å². The fourth-order valence-electron chi connectivity index (χ4n) is 2.17. The van der Waals surface area contributed by atoms with Gasteiger partial charge in [-0.1, -0.05) is 42.5 Å². The molecule has 0 bridgehead atoms. The van der Waals surface area contributed by atoms with Gasteiger partial charge >= 0.3 is 5.97 Å². The monoisotopic (exact) mass is 297 g/mol. The van der Waals surface area contributed by atoms with Gasteiger partial charge in [0.2, 0.25) is 0 Å². The highest BCUT2D eigenvalue weighted by Gasteiger charge is 2.16. The molecule has 0 fully saturated rings. The largest absolute Gasteiger partial charge is 0.463 e. The number of nitrogens with two attached hydrogens (primary N) is 1. The molecular weight excluding hydrogens is 278 g/mol. The van der Waals surface area contributed by atoms with Crippen LogP contribution in [-0.4, -0.2) is 17.9 Å². The molecule has 0 spiro atoms. The van der Waals surface area contributed by atoms with Gasteiger partial charge in [0.15, 0.2) is 5.78 Å². The number of para-hydroxylation sites is 1. The summed E-state index contributed by atoms with van der Waals surface area (Å²) in [5.41, 5.74) is 7.98. The second-order valence-corrected chi connectivity index (χ2v) is 5.29. The van der Waals surface area contributed by atoms with Gasteiger partial charge in [-0.3, -0.25) is 9.59 Å². The third kappa shape index (κ3) is 3.73. The molecule has 114 valence electrons. The first-order valence-electron chi connectivity index (χ1n) is 7.15. The topological polar surface area (TPSA) is 69.4 Å². The molecule has 0 atom stereocenters. The molecule has 0 amide bonds. The number of esters is 1. The molecule has 0 unspecified atom stereocenters. The normalized spacial score (nSPS) is 10.5. The fraction of sp³-hybridized carbons (Fsp3) is 0.222. The summed E-state index contributed by atoms with van der Waals surface area (Å²) in [4.78, 5) is 24.3. The maximum Gasteiger partial charge on any atom is 0.310 e. The van der Waals surface area contributed by atoms with E-state index in [0.29, 0.717) is 22.4 Å². The SMILES string of the molecule is CC(C)OC(=O)Cc1cccc(C(=O)c2ccccc2)c1N. The van der Waals surface area contributed by atoms with Crippen LogP contribution in [0.4, 0.5) is 5.69 Å². The van der Waals surface area contributed by atoms with Crippen LogP contribution in [0.1, 0.15) is 35.3 Å². The van der Waals surface area contributed by atoms with Crippen LogP contribution in [0.25, 0.3) is 0 Å². The molecule has 0 aromatic heterocycles. The Labute approximate surface area is 129 Å². The third-order valence-electron chi connectivity index (χ3n) is 3.18. The lowest BCUT2D eigenvalue weighted by atomic mass is 9.98. The third-order valence-corrected chi connectivity index (χ3v) is 3.18. The number of ketones is 1. The van der Waals surface area contributed by atoms with Crippen molar-refractivity contribution in [3.05, 3.63) is 65.2 Å². The second-order valence-electron chi connectivity index (χ2n) is 5.29. The summed E-state index contributed by atoms with van der Waals surface area (Å²) < 4.78 is 5.11. The van der Waals surface area contributed by atoms with Gasteiger partial charge in [-0.25, -0.2) is 0 Å². The van der Waals surface area contributed by atoms with Crippen LogP contribution in [0, 0.1) is 0 Å². The summed E-state index contributed by atoms with van der Waals surface area (Å²) in [5.74, 6) is -0.511. The molecule has 0 aliphatic carbocycles. The maximum atomic E-state index is 12.5. The van der Waals surface area contributed by atoms with E-state index in [1.807, 2.05) is 6.07 Å². The Balaban J connectivity index is 2.26. The average Bonchev–Trinajstić information content (AvgIpc) is 2.49. The molecule has 0 saturated carbocycles. The Bertz CT molecular complexity index is 678. The van der Waals surface area contributed by atoms with Crippen LogP contribution in [0.3, 0.4) is 0 Å². The molecule has 0 saturated heterocycles. The number of ether oxygens (including phenoxy) is 1. The van der Waals surface area contributed by atoms with Gasteiger partial charge in [0.05, 0.1) is 12.5 Å². The van der Waals surface area contributed by atoms with E-state index >= 15 is 0 Å². The first-order valence-corrected chi connectivity index (χ1v) is 7.15. The van der Waals surface area contributed by atoms with Gasteiger partial charge < -0.3 is 10.5 Å². The molecule has 4 nitrogen and oxygen atoms in total. The zero-order valence-corrected chi connectivity index (χ0v) is 12.7. The smallest absolute Gasteiger partial charge is 0.310 e. The van der Waals surface area contributed by atoms with E-state index in [9.17, 15) is 9.59 Å². The van der Waals surface area contributed by atoms with Crippen LogP contribution in [0.5, 0.6) is 0 Å². The molecule has 22 heavy (non-hydrogen) atoms. The van der Waals surface area contributed by atoms with Crippen molar-refractivity contribution in [3.63, 3.8) is 0 Å². The Morgan fingerprint density at radius 3 is 2.36 bits per heavy atom. The molecule has 0 aliphatic rings. The van der Waals surface area contributed by atoms with Gasteiger partial charge in [-0.05, 0) is 25.5 Å². The summed E-state index contributed by atoms with van der Waals surface area (Å²) in [5, 5.41) is 0. The number of hydrogen-bond donors (Lipinski definition) is 1. The van der Waals surface area contributed by atoms with Crippen molar-refractivity contribution in [2.45, 2.75) is 26.4 Å². The first-order chi connectivity index (χ1) is 10.5. The number of carbonyl (C=O) groups is 2. The van der Waals surface area contributed by atoms with Gasteiger partial charge in [0.25, 0.3) is 0 Å². The lowest BCUT2D eigenvalue weighted by molar-refractivity contribution is -0.146. The van der Waals surface area contributed by atoms with Crippen LogP contribution in [-0.2, 0) is 16.0 Å². The molecule has 0 radical (unpaired) electrons. The van der Waals surface area contributed by atoms with E-state index in [2.05, 4.69) is 0 Å². The summed E-state index contributed by atoms with van der Waals surface area (Å²) in [7, 11) is 0. The zero-order valence-electron chi connectivity index (χ0n) is 12.7. The van der Waals surface area contributed by atoms with Gasteiger partial charge in [-0.15, -0.1) is 0 Å². The lowest BCUT2D eigenvalue weighted by Gasteiger charge is -2.12. The predicted molar refractivity (Wildman–Crippen MR) is 85.7 cm³/mol. The number of carbonyl (C=O) groups excluding carboxylic acids is 2. The fourth-order valence-corrected chi connectivity index (χ4v) is 2.17. The van der Waals surface area contributed by atoms with Crippen molar-refractivity contribution in [3.8, 4) is 0 Å². The minimum absolute atomic E-state index is 0.0555. The molecule has 2 N–H and O–H groups in total. The number of hydrogen-bond acceptors (Lipinski definition) is 4. The molecular formula is C18H19NO3. The number of anilines is 1. The quantitative estimate of drug-likeness (QED) is 0.523. The van der Waals surface area contributed by atoms with Crippen LogP contribution in [0.15, 0.2) is 48.5 Å². The van der Waals surface area contributed by atoms with Crippen LogP contribution >= 0.6 is 0 Å². The molecule has 4 heteroatoms. The van der Waals surface area contributed by atoms with Crippen molar-refractivity contribution in [1.82, 2.24) is 0 Å². The minimum Gasteiger partial charge on any atom is -0.463 e. The highest BCUT2D eigenvalue weighted by atomic mass is 16.5. The second kappa shape index (κ2) is 6.89. The van der Waals surface area contributed by atoms with Crippen molar-refractivity contribution in [2.24, 2.45) is 0 Å². The molecule has 0 aliphatic heterocycles. The van der Waals surface area contributed by atoms with Crippen LogP contribution in [0.2, 0.25) is 0 Å². The lowest BCUT2D eigenvalue weighted by Crippen LogP contribution is -2.15. The van der Waals surface area contributed by atoms with E-state index in [-0.39, 0.29) is 24.3 Å². The molecule has 2 aromatic carbocycles. The Morgan fingerprint density at radius 2 is 1.73 bits per heavy atom. The number of benzene rings is 2. The minimum atomic E-state index is -0.356. The summed E-state index contributed by atoms with van der Waals surface area (Å²) in [6, 6.07) is 14.0. The first kappa shape index (κ1) is 15.8. The highest BCUT2D eigenvalue weighted by molar-refractivity contribution is 6.12. The molecule has 0 heterocycles. The van der Waals surface area contributed by atoms with Gasteiger partial charge in [0.1, 0.15) is 0 Å². The average molecular weight is 297 g/mol. The van der Waals surface area contributed by atoms with Crippen LogP contribution < -0.4 is 5.73 Å². The van der Waals surface area contributed by atoms with E-state index in [4.69, 9.17) is 10.5 Å². The van der Waals surface area contributed by atoms with Gasteiger partial charge in [-0.2, -0.15) is 0 Å². The predicted octanol–water partition coefficient (Wildman–Crippen LogP) is 2.99.